The number of nitrogens with zero attached hydrogens (tertiary/aromatic N) is 1. The molecular weight excluding hydrogens is 262 g/mol. The van der Waals surface area contributed by atoms with Gasteiger partial charge in [0, 0.05) is 24.8 Å². The van der Waals surface area contributed by atoms with E-state index in [4.69, 9.17) is 0 Å². The molecule has 2 N–H and O–H groups in total. The van der Waals surface area contributed by atoms with Crippen LogP contribution in [0.4, 0.5) is 5.69 Å². The van der Waals surface area contributed by atoms with Gasteiger partial charge in [-0.25, -0.2) is 0 Å². The van der Waals surface area contributed by atoms with Crippen molar-refractivity contribution in [3.8, 4) is 0 Å². The maximum Gasteiger partial charge on any atom is 0.225 e. The SMILES string of the molecule is CC1Nc2ccccc2CC1C(=O)NCCN1CCCC1. The van der Waals surface area contributed by atoms with Gasteiger partial charge in [0.15, 0.2) is 0 Å². The van der Waals surface area contributed by atoms with Crippen molar-refractivity contribution in [2.45, 2.75) is 32.2 Å². The van der Waals surface area contributed by atoms with Crippen molar-refractivity contribution in [1.82, 2.24) is 10.2 Å². The Labute approximate surface area is 126 Å². The fourth-order valence-electron chi connectivity index (χ4n) is 3.39. The van der Waals surface area contributed by atoms with Crippen molar-refractivity contribution in [2.24, 2.45) is 5.92 Å². The van der Waals surface area contributed by atoms with Crippen molar-refractivity contribution in [1.29, 1.82) is 0 Å². The summed E-state index contributed by atoms with van der Waals surface area (Å²) in [5, 5.41) is 6.57. The fraction of sp³-hybridized carbons (Fsp3) is 0.588. The first-order chi connectivity index (χ1) is 10.2. The molecule has 1 aromatic rings. The van der Waals surface area contributed by atoms with Crippen LogP contribution in [-0.4, -0.2) is 43.0 Å². The second kappa shape index (κ2) is 6.48. The highest BCUT2D eigenvalue weighted by molar-refractivity contribution is 5.81. The molecule has 2 aliphatic rings. The van der Waals surface area contributed by atoms with Crippen LogP contribution in [0.1, 0.15) is 25.3 Å². The molecule has 114 valence electrons. The summed E-state index contributed by atoms with van der Waals surface area (Å²) < 4.78 is 0. The lowest BCUT2D eigenvalue weighted by Crippen LogP contribution is -2.45. The quantitative estimate of drug-likeness (QED) is 0.888. The predicted octanol–water partition coefficient (Wildman–Crippen LogP) is 1.87. The molecule has 0 bridgehead atoms. The second-order valence-electron chi connectivity index (χ2n) is 6.24. The molecule has 1 fully saturated rings. The highest BCUT2D eigenvalue weighted by Gasteiger charge is 2.30. The van der Waals surface area contributed by atoms with Crippen molar-refractivity contribution >= 4 is 11.6 Å². The molecule has 2 unspecified atom stereocenters. The van der Waals surface area contributed by atoms with E-state index in [9.17, 15) is 4.79 Å². The smallest absolute Gasteiger partial charge is 0.225 e. The van der Waals surface area contributed by atoms with E-state index in [-0.39, 0.29) is 17.9 Å². The highest BCUT2D eigenvalue weighted by Crippen LogP contribution is 2.28. The normalized spacial score (nSPS) is 25.2. The number of fused-ring (bicyclic) bond motifs is 1. The molecule has 0 radical (unpaired) electrons. The van der Waals surface area contributed by atoms with E-state index in [1.807, 2.05) is 12.1 Å². The maximum absolute atomic E-state index is 12.4. The molecule has 3 rings (SSSR count). The number of hydrogen-bond donors (Lipinski definition) is 2. The van der Waals surface area contributed by atoms with E-state index >= 15 is 0 Å². The first kappa shape index (κ1) is 14.4. The van der Waals surface area contributed by atoms with Crippen LogP contribution in [0.15, 0.2) is 24.3 Å². The van der Waals surface area contributed by atoms with Gasteiger partial charge in [0.25, 0.3) is 0 Å². The van der Waals surface area contributed by atoms with Crippen molar-refractivity contribution in [3.63, 3.8) is 0 Å². The molecule has 0 aliphatic carbocycles. The molecule has 1 saturated heterocycles. The Morgan fingerprint density at radius 1 is 1.33 bits per heavy atom. The van der Waals surface area contributed by atoms with E-state index in [2.05, 4.69) is 34.6 Å². The van der Waals surface area contributed by atoms with Crippen LogP contribution in [0.25, 0.3) is 0 Å². The van der Waals surface area contributed by atoms with Crippen LogP contribution in [0.2, 0.25) is 0 Å². The summed E-state index contributed by atoms with van der Waals surface area (Å²) in [5.74, 6) is 0.210. The number of nitrogens with one attached hydrogen (secondary N) is 2. The van der Waals surface area contributed by atoms with Crippen molar-refractivity contribution in [3.05, 3.63) is 29.8 Å². The lowest BCUT2D eigenvalue weighted by molar-refractivity contribution is -0.125. The van der Waals surface area contributed by atoms with E-state index < -0.39 is 0 Å². The minimum absolute atomic E-state index is 0.0264. The van der Waals surface area contributed by atoms with Gasteiger partial charge in [0.1, 0.15) is 0 Å². The zero-order valence-corrected chi connectivity index (χ0v) is 12.8. The highest BCUT2D eigenvalue weighted by atomic mass is 16.1. The summed E-state index contributed by atoms with van der Waals surface area (Å²) in [7, 11) is 0. The van der Waals surface area contributed by atoms with E-state index in [0.29, 0.717) is 0 Å². The average molecular weight is 287 g/mol. The number of para-hydroxylation sites is 1. The third-order valence-corrected chi connectivity index (χ3v) is 4.71. The molecule has 21 heavy (non-hydrogen) atoms. The summed E-state index contributed by atoms with van der Waals surface area (Å²) in [4.78, 5) is 14.9. The largest absolute Gasteiger partial charge is 0.382 e. The molecule has 2 aliphatic heterocycles. The van der Waals surface area contributed by atoms with Crippen molar-refractivity contribution in [2.75, 3.05) is 31.5 Å². The Hall–Kier alpha value is -1.55. The Bertz CT molecular complexity index is 497. The maximum atomic E-state index is 12.4. The van der Waals surface area contributed by atoms with Gasteiger partial charge in [0.05, 0.1) is 5.92 Å². The number of amides is 1. The molecule has 2 heterocycles. The monoisotopic (exact) mass is 287 g/mol. The standard InChI is InChI=1S/C17H25N3O/c1-13-15(12-14-6-2-3-7-16(14)19-13)17(21)18-8-11-20-9-4-5-10-20/h2-3,6-7,13,15,19H,4-5,8-12H2,1H3,(H,18,21). The summed E-state index contributed by atoms with van der Waals surface area (Å²) in [6.07, 6.45) is 3.43. The fourth-order valence-corrected chi connectivity index (χ4v) is 3.39. The lowest BCUT2D eigenvalue weighted by atomic mass is 9.87. The predicted molar refractivity (Wildman–Crippen MR) is 85.4 cm³/mol. The number of hydrogen-bond acceptors (Lipinski definition) is 3. The number of likely N-dealkylation sites (tertiary alicyclic amines) is 1. The zero-order chi connectivity index (χ0) is 14.7. The molecule has 4 heteroatoms. The van der Waals surface area contributed by atoms with Gasteiger partial charge in [0.2, 0.25) is 5.91 Å². The summed E-state index contributed by atoms with van der Waals surface area (Å²) in [6.45, 7) is 6.22. The van der Waals surface area contributed by atoms with Gasteiger partial charge >= 0.3 is 0 Å². The van der Waals surface area contributed by atoms with E-state index in [1.165, 1.54) is 37.2 Å². The Kier molecular flexibility index (Phi) is 4.44. The van der Waals surface area contributed by atoms with Crippen LogP contribution < -0.4 is 10.6 Å². The molecular formula is C17H25N3O. The van der Waals surface area contributed by atoms with Crippen LogP contribution >= 0.6 is 0 Å². The minimum Gasteiger partial charge on any atom is -0.382 e. The molecule has 1 amide bonds. The summed E-state index contributed by atoms with van der Waals surface area (Å²) >= 11 is 0. The van der Waals surface area contributed by atoms with Crippen LogP contribution in [0.5, 0.6) is 0 Å². The summed E-state index contributed by atoms with van der Waals surface area (Å²) in [6, 6.07) is 8.46. The van der Waals surface area contributed by atoms with Gasteiger partial charge in [-0.3, -0.25) is 4.79 Å². The third-order valence-electron chi connectivity index (χ3n) is 4.71. The molecule has 1 aromatic carbocycles. The van der Waals surface area contributed by atoms with Gasteiger partial charge in [-0.05, 0) is 50.9 Å². The zero-order valence-electron chi connectivity index (χ0n) is 12.8. The first-order valence-corrected chi connectivity index (χ1v) is 8.08. The van der Waals surface area contributed by atoms with Gasteiger partial charge in [-0.2, -0.15) is 0 Å². The number of benzene rings is 1. The van der Waals surface area contributed by atoms with Crippen LogP contribution in [0, 0.1) is 5.92 Å². The number of anilines is 1. The Morgan fingerprint density at radius 2 is 2.10 bits per heavy atom. The number of carbonyl (C=O) groups is 1. The van der Waals surface area contributed by atoms with Crippen LogP contribution in [0.3, 0.4) is 0 Å². The van der Waals surface area contributed by atoms with Gasteiger partial charge < -0.3 is 15.5 Å². The lowest BCUT2D eigenvalue weighted by Gasteiger charge is -2.31. The molecule has 0 saturated carbocycles. The number of carbonyl (C=O) groups excluding carboxylic acids is 1. The Morgan fingerprint density at radius 3 is 2.90 bits per heavy atom. The summed E-state index contributed by atoms with van der Waals surface area (Å²) in [5.41, 5.74) is 2.42. The van der Waals surface area contributed by atoms with Crippen LogP contribution in [-0.2, 0) is 11.2 Å². The Balaban J connectivity index is 1.52. The molecule has 4 nitrogen and oxygen atoms in total. The van der Waals surface area contributed by atoms with Gasteiger partial charge in [-0.1, -0.05) is 18.2 Å². The molecule has 2 atom stereocenters. The van der Waals surface area contributed by atoms with Crippen molar-refractivity contribution < 1.29 is 4.79 Å². The first-order valence-electron chi connectivity index (χ1n) is 8.08. The second-order valence-corrected chi connectivity index (χ2v) is 6.24. The third kappa shape index (κ3) is 3.38. The van der Waals surface area contributed by atoms with E-state index in [0.717, 1.165) is 19.5 Å². The number of rotatable bonds is 4. The van der Waals surface area contributed by atoms with Gasteiger partial charge in [-0.15, -0.1) is 0 Å². The average Bonchev–Trinajstić information content (AvgIpc) is 2.99. The molecule has 0 aromatic heterocycles. The van der Waals surface area contributed by atoms with E-state index in [1.54, 1.807) is 0 Å². The molecule has 0 spiro atoms. The minimum atomic E-state index is 0.0264. The topological polar surface area (TPSA) is 44.4 Å².